The smallest absolute Gasteiger partial charge is 0.133 e. The van der Waals surface area contributed by atoms with Crippen LogP contribution in [0.2, 0.25) is 0 Å². The average Bonchev–Trinajstić information content (AvgIpc) is 2.35. The Labute approximate surface area is 101 Å². The van der Waals surface area contributed by atoms with Gasteiger partial charge in [0.05, 0.1) is 6.10 Å². The van der Waals surface area contributed by atoms with Crippen LogP contribution in [0.1, 0.15) is 18.6 Å². The van der Waals surface area contributed by atoms with Crippen LogP contribution >= 0.6 is 0 Å². The van der Waals surface area contributed by atoms with Crippen LogP contribution in [-0.2, 0) is 0 Å². The van der Waals surface area contributed by atoms with E-state index in [0.717, 1.165) is 22.1 Å². The van der Waals surface area contributed by atoms with Crippen LogP contribution in [0.4, 0.5) is 0 Å². The summed E-state index contributed by atoms with van der Waals surface area (Å²) in [6, 6.07) is 11.9. The Kier molecular flexibility index (Phi) is 3.45. The fraction of sp³-hybridized carbons (Fsp3) is 0.200. The zero-order chi connectivity index (χ0) is 12.3. The lowest BCUT2D eigenvalue weighted by Crippen LogP contribution is -2.01. The predicted octanol–water partition coefficient (Wildman–Crippen LogP) is 3.46. The lowest BCUT2D eigenvalue weighted by Gasteiger charge is -2.15. The summed E-state index contributed by atoms with van der Waals surface area (Å²) in [5.41, 5.74) is 0.811. The van der Waals surface area contributed by atoms with Crippen molar-refractivity contribution < 1.29 is 9.84 Å². The zero-order valence-corrected chi connectivity index (χ0v) is 9.89. The number of hydrogen-bond acceptors (Lipinski definition) is 2. The molecule has 2 aromatic carbocycles. The highest BCUT2D eigenvalue weighted by Crippen LogP contribution is 2.33. The second kappa shape index (κ2) is 5.02. The summed E-state index contributed by atoms with van der Waals surface area (Å²) in [5.74, 6) is 0.748. The van der Waals surface area contributed by atoms with Crippen molar-refractivity contribution in [3.63, 3.8) is 0 Å². The number of benzene rings is 2. The molecule has 0 aromatic heterocycles. The van der Waals surface area contributed by atoms with Gasteiger partial charge >= 0.3 is 0 Å². The minimum absolute atomic E-state index is 0.438. The minimum Gasteiger partial charge on any atom is -0.489 e. The highest BCUT2D eigenvalue weighted by molar-refractivity contribution is 5.89. The lowest BCUT2D eigenvalue weighted by molar-refractivity contribution is 0.193. The highest BCUT2D eigenvalue weighted by Gasteiger charge is 2.12. The third kappa shape index (κ3) is 2.32. The van der Waals surface area contributed by atoms with Gasteiger partial charge in [-0.1, -0.05) is 49.1 Å². The highest BCUT2D eigenvalue weighted by atomic mass is 16.5. The zero-order valence-electron chi connectivity index (χ0n) is 9.89. The number of aliphatic hydroxyl groups excluding tert-OH is 1. The van der Waals surface area contributed by atoms with Gasteiger partial charge in [-0.25, -0.2) is 0 Å². The van der Waals surface area contributed by atoms with Crippen molar-refractivity contribution >= 4 is 10.8 Å². The first-order chi connectivity index (χ1) is 8.24. The van der Waals surface area contributed by atoms with Crippen LogP contribution in [0.5, 0.6) is 5.75 Å². The summed E-state index contributed by atoms with van der Waals surface area (Å²) in [6.45, 7) is 5.82. The van der Waals surface area contributed by atoms with E-state index >= 15 is 0 Å². The molecule has 0 fully saturated rings. The first-order valence-corrected chi connectivity index (χ1v) is 5.67. The van der Waals surface area contributed by atoms with Gasteiger partial charge in [0.15, 0.2) is 0 Å². The van der Waals surface area contributed by atoms with Crippen LogP contribution < -0.4 is 4.74 Å². The molecule has 0 heterocycles. The van der Waals surface area contributed by atoms with E-state index in [-0.39, 0.29) is 0 Å². The molecular weight excluding hydrogens is 212 g/mol. The van der Waals surface area contributed by atoms with Crippen molar-refractivity contribution in [1.29, 1.82) is 0 Å². The summed E-state index contributed by atoms with van der Waals surface area (Å²) >= 11 is 0. The van der Waals surface area contributed by atoms with Crippen LogP contribution in [0.15, 0.2) is 49.1 Å². The predicted molar refractivity (Wildman–Crippen MR) is 70.3 cm³/mol. The quantitative estimate of drug-likeness (QED) is 0.812. The number of rotatable bonds is 4. The van der Waals surface area contributed by atoms with Crippen molar-refractivity contribution in [2.24, 2.45) is 0 Å². The third-order valence-corrected chi connectivity index (χ3v) is 2.71. The van der Waals surface area contributed by atoms with Gasteiger partial charge in [0.1, 0.15) is 12.4 Å². The average molecular weight is 228 g/mol. The van der Waals surface area contributed by atoms with E-state index < -0.39 is 6.10 Å². The molecule has 0 amide bonds. The molecule has 0 bridgehead atoms. The first-order valence-electron chi connectivity index (χ1n) is 5.67. The van der Waals surface area contributed by atoms with Gasteiger partial charge < -0.3 is 9.84 Å². The molecule has 0 aliphatic heterocycles. The molecule has 1 N–H and O–H groups in total. The molecule has 2 nitrogen and oxygen atoms in total. The molecule has 0 aliphatic carbocycles. The molecule has 17 heavy (non-hydrogen) atoms. The summed E-state index contributed by atoms with van der Waals surface area (Å²) in [5, 5.41) is 11.9. The fourth-order valence-electron chi connectivity index (χ4n) is 1.89. The van der Waals surface area contributed by atoms with Crippen LogP contribution in [0.3, 0.4) is 0 Å². The molecule has 2 aromatic rings. The van der Waals surface area contributed by atoms with E-state index in [9.17, 15) is 5.11 Å². The maximum Gasteiger partial charge on any atom is 0.133 e. The van der Waals surface area contributed by atoms with E-state index in [2.05, 4.69) is 6.58 Å². The van der Waals surface area contributed by atoms with Gasteiger partial charge in [-0.15, -0.1) is 0 Å². The first kappa shape index (κ1) is 11.7. The normalized spacial score (nSPS) is 12.4. The van der Waals surface area contributed by atoms with Gasteiger partial charge in [-0.3, -0.25) is 0 Å². The molecule has 0 unspecified atom stereocenters. The molecule has 0 spiro atoms. The number of aliphatic hydroxyl groups is 1. The minimum atomic E-state index is -0.542. The Hall–Kier alpha value is -1.80. The van der Waals surface area contributed by atoms with E-state index in [1.54, 1.807) is 13.0 Å². The van der Waals surface area contributed by atoms with Gasteiger partial charge in [-0.2, -0.15) is 0 Å². The van der Waals surface area contributed by atoms with Crippen molar-refractivity contribution in [1.82, 2.24) is 0 Å². The molecule has 1 atom stereocenters. The number of fused-ring (bicyclic) bond motifs is 1. The topological polar surface area (TPSA) is 29.5 Å². The third-order valence-electron chi connectivity index (χ3n) is 2.71. The van der Waals surface area contributed by atoms with Crippen LogP contribution in [0, 0.1) is 0 Å². The molecule has 0 radical (unpaired) electrons. The summed E-state index contributed by atoms with van der Waals surface area (Å²) in [7, 11) is 0. The molecule has 88 valence electrons. The molecule has 0 saturated heterocycles. The molecule has 2 heteroatoms. The van der Waals surface area contributed by atoms with Gasteiger partial charge in [0.25, 0.3) is 0 Å². The standard InChI is InChI=1S/C15H16O2/c1-3-10-17-15-13(11(2)16)9-8-12-6-4-5-7-14(12)15/h3-9,11,16H,1,10H2,2H3/t11-/m0/s1. The van der Waals surface area contributed by atoms with Crippen LogP contribution in [0.25, 0.3) is 10.8 Å². The summed E-state index contributed by atoms with van der Waals surface area (Å²) in [6.07, 6.45) is 1.16. The second-order valence-corrected chi connectivity index (χ2v) is 3.98. The number of ether oxygens (including phenoxy) is 1. The molecular formula is C15H16O2. The van der Waals surface area contributed by atoms with Crippen molar-refractivity contribution in [3.8, 4) is 5.75 Å². The lowest BCUT2D eigenvalue weighted by atomic mass is 10.0. The van der Waals surface area contributed by atoms with Gasteiger partial charge in [0.2, 0.25) is 0 Å². The van der Waals surface area contributed by atoms with Crippen molar-refractivity contribution in [3.05, 3.63) is 54.6 Å². The molecule has 0 aliphatic rings. The Morgan fingerprint density at radius 3 is 2.76 bits per heavy atom. The van der Waals surface area contributed by atoms with E-state index in [1.165, 1.54) is 0 Å². The van der Waals surface area contributed by atoms with E-state index in [4.69, 9.17) is 4.74 Å². The number of hydrogen-bond donors (Lipinski definition) is 1. The molecule has 0 saturated carbocycles. The SMILES string of the molecule is C=CCOc1c([C@H](C)O)ccc2ccccc12. The Morgan fingerprint density at radius 2 is 2.06 bits per heavy atom. The second-order valence-electron chi connectivity index (χ2n) is 3.98. The largest absolute Gasteiger partial charge is 0.489 e. The Balaban J connectivity index is 2.61. The summed E-state index contributed by atoms with van der Waals surface area (Å²) < 4.78 is 5.68. The van der Waals surface area contributed by atoms with Crippen molar-refractivity contribution in [2.45, 2.75) is 13.0 Å². The Morgan fingerprint density at radius 1 is 1.29 bits per heavy atom. The van der Waals surface area contributed by atoms with E-state index in [1.807, 2.05) is 36.4 Å². The van der Waals surface area contributed by atoms with Crippen LogP contribution in [-0.4, -0.2) is 11.7 Å². The summed E-state index contributed by atoms with van der Waals surface area (Å²) in [4.78, 5) is 0. The Bertz CT molecular complexity index is 529. The monoisotopic (exact) mass is 228 g/mol. The van der Waals surface area contributed by atoms with Gasteiger partial charge in [-0.05, 0) is 12.3 Å². The van der Waals surface area contributed by atoms with Gasteiger partial charge in [0, 0.05) is 10.9 Å². The maximum absolute atomic E-state index is 9.76. The maximum atomic E-state index is 9.76. The fourth-order valence-corrected chi connectivity index (χ4v) is 1.89. The van der Waals surface area contributed by atoms with E-state index in [0.29, 0.717) is 6.61 Å². The molecule has 2 rings (SSSR count). The van der Waals surface area contributed by atoms with Crippen molar-refractivity contribution in [2.75, 3.05) is 6.61 Å².